The van der Waals surface area contributed by atoms with E-state index in [1.165, 1.54) is 68.6 Å². The van der Waals surface area contributed by atoms with Gasteiger partial charge >= 0.3 is 0 Å². The molecule has 0 N–H and O–H groups in total. The Morgan fingerprint density at radius 1 is 1.08 bits per heavy atom. The van der Waals surface area contributed by atoms with Gasteiger partial charge in [0.2, 0.25) is 5.91 Å². The summed E-state index contributed by atoms with van der Waals surface area (Å²) < 4.78 is 46.0. The van der Waals surface area contributed by atoms with Gasteiger partial charge in [-0.2, -0.15) is 0 Å². The summed E-state index contributed by atoms with van der Waals surface area (Å²) in [5, 5.41) is 0. The van der Waals surface area contributed by atoms with Gasteiger partial charge in [0.05, 0.1) is 17.7 Å². The summed E-state index contributed by atoms with van der Waals surface area (Å²) >= 11 is 0. The number of benzene rings is 2. The van der Waals surface area contributed by atoms with Crippen molar-refractivity contribution in [1.82, 2.24) is 4.90 Å². The van der Waals surface area contributed by atoms with Crippen molar-refractivity contribution in [2.45, 2.75) is 4.90 Å². The number of carbonyl (C=O) groups is 1. The molecule has 8 heteroatoms. The Morgan fingerprint density at radius 2 is 1.68 bits per heavy atom. The van der Waals surface area contributed by atoms with Crippen LogP contribution in [0, 0.1) is 5.82 Å². The molecular formula is C17H19FN2O4S. The number of likely N-dealkylation sites (N-methyl/N-ethyl adjacent to an activating group) is 1. The van der Waals surface area contributed by atoms with E-state index in [4.69, 9.17) is 4.74 Å². The Hall–Kier alpha value is -2.61. The highest BCUT2D eigenvalue weighted by Gasteiger charge is 2.29. The standard InChI is InChI=1S/C17H19FN2O4S/c1-19(2)17(21)12-20(16-7-5-4-6-15(16)18)25(22,23)14-10-8-13(24-3)9-11-14/h4-11H,12H2,1-3H3. The first-order chi connectivity index (χ1) is 11.8. The molecule has 0 heterocycles. The van der Waals surface area contributed by atoms with Gasteiger partial charge in [-0.25, -0.2) is 12.8 Å². The van der Waals surface area contributed by atoms with Crippen LogP contribution in [0.25, 0.3) is 0 Å². The lowest BCUT2D eigenvalue weighted by molar-refractivity contribution is -0.127. The molecule has 0 aliphatic rings. The average molecular weight is 366 g/mol. The van der Waals surface area contributed by atoms with Crippen LogP contribution in [0.4, 0.5) is 10.1 Å². The molecule has 2 rings (SSSR count). The fraction of sp³-hybridized carbons (Fsp3) is 0.235. The molecule has 1 amide bonds. The Balaban J connectivity index is 2.52. The summed E-state index contributed by atoms with van der Waals surface area (Å²) in [6, 6.07) is 11.1. The maximum Gasteiger partial charge on any atom is 0.264 e. The number of carbonyl (C=O) groups excluding carboxylic acids is 1. The Morgan fingerprint density at radius 3 is 2.20 bits per heavy atom. The number of ether oxygens (including phenoxy) is 1. The van der Waals surface area contributed by atoms with E-state index < -0.39 is 28.3 Å². The molecular weight excluding hydrogens is 347 g/mol. The van der Waals surface area contributed by atoms with Gasteiger partial charge in [-0.15, -0.1) is 0 Å². The molecule has 0 aromatic heterocycles. The normalized spacial score (nSPS) is 11.0. The molecule has 0 bridgehead atoms. The molecule has 0 aliphatic carbocycles. The minimum atomic E-state index is -4.14. The number of hydrogen-bond acceptors (Lipinski definition) is 4. The van der Waals surface area contributed by atoms with E-state index in [9.17, 15) is 17.6 Å². The zero-order valence-electron chi connectivity index (χ0n) is 14.1. The van der Waals surface area contributed by atoms with Crippen molar-refractivity contribution in [1.29, 1.82) is 0 Å². The van der Waals surface area contributed by atoms with Crippen molar-refractivity contribution in [2.24, 2.45) is 0 Å². The van der Waals surface area contributed by atoms with E-state index in [1.807, 2.05) is 0 Å². The summed E-state index contributed by atoms with van der Waals surface area (Å²) in [5.74, 6) is -0.716. The van der Waals surface area contributed by atoms with Crippen molar-refractivity contribution in [3.8, 4) is 5.75 Å². The molecule has 0 saturated heterocycles. The number of para-hydroxylation sites is 1. The van der Waals surface area contributed by atoms with Crippen LogP contribution in [-0.4, -0.2) is 47.0 Å². The van der Waals surface area contributed by atoms with E-state index in [2.05, 4.69) is 0 Å². The van der Waals surface area contributed by atoms with Crippen LogP contribution in [0.2, 0.25) is 0 Å². The quantitative estimate of drug-likeness (QED) is 0.785. The van der Waals surface area contributed by atoms with Gasteiger partial charge in [-0.1, -0.05) is 12.1 Å². The van der Waals surface area contributed by atoms with Gasteiger partial charge in [0.1, 0.15) is 18.1 Å². The highest BCUT2D eigenvalue weighted by molar-refractivity contribution is 7.92. The summed E-state index contributed by atoms with van der Waals surface area (Å²) in [5.41, 5.74) is -0.187. The van der Waals surface area contributed by atoms with Crippen molar-refractivity contribution < 1.29 is 22.3 Å². The van der Waals surface area contributed by atoms with Gasteiger partial charge in [0.15, 0.2) is 0 Å². The van der Waals surface area contributed by atoms with E-state index in [-0.39, 0.29) is 10.6 Å². The minimum Gasteiger partial charge on any atom is -0.497 e. The number of nitrogens with zero attached hydrogens (tertiary/aromatic N) is 2. The van der Waals surface area contributed by atoms with Crippen molar-refractivity contribution >= 4 is 21.6 Å². The van der Waals surface area contributed by atoms with Crippen molar-refractivity contribution in [3.05, 3.63) is 54.3 Å². The lowest BCUT2D eigenvalue weighted by atomic mass is 10.3. The van der Waals surface area contributed by atoms with Crippen LogP contribution in [0.3, 0.4) is 0 Å². The molecule has 6 nitrogen and oxygen atoms in total. The molecule has 2 aromatic rings. The molecule has 25 heavy (non-hydrogen) atoms. The lowest BCUT2D eigenvalue weighted by Gasteiger charge is -2.25. The number of amides is 1. The molecule has 0 aliphatic heterocycles. The number of hydrogen-bond donors (Lipinski definition) is 0. The maximum absolute atomic E-state index is 14.2. The fourth-order valence-electron chi connectivity index (χ4n) is 2.09. The topological polar surface area (TPSA) is 66.9 Å². The first-order valence-electron chi connectivity index (χ1n) is 7.39. The molecule has 134 valence electrons. The molecule has 0 fully saturated rings. The third kappa shape index (κ3) is 4.08. The van der Waals surface area contributed by atoms with Crippen LogP contribution in [0.1, 0.15) is 0 Å². The molecule has 0 atom stereocenters. The zero-order chi connectivity index (χ0) is 18.6. The molecule has 0 unspecified atom stereocenters. The van der Waals surface area contributed by atoms with E-state index in [0.717, 1.165) is 10.4 Å². The number of sulfonamides is 1. The zero-order valence-corrected chi connectivity index (χ0v) is 15.0. The Labute approximate surface area is 146 Å². The predicted molar refractivity (Wildman–Crippen MR) is 92.6 cm³/mol. The largest absolute Gasteiger partial charge is 0.497 e. The van der Waals surface area contributed by atoms with Crippen LogP contribution in [0.5, 0.6) is 5.75 Å². The first-order valence-corrected chi connectivity index (χ1v) is 8.83. The number of methoxy groups -OCH3 is 1. The number of anilines is 1. The van der Waals surface area contributed by atoms with Crippen molar-refractivity contribution in [2.75, 3.05) is 32.1 Å². The van der Waals surface area contributed by atoms with Crippen molar-refractivity contribution in [3.63, 3.8) is 0 Å². The lowest BCUT2D eigenvalue weighted by Crippen LogP contribution is -2.40. The Bertz CT molecular complexity index is 851. The summed E-state index contributed by atoms with van der Waals surface area (Å²) in [7, 11) is 0.327. The summed E-state index contributed by atoms with van der Waals surface area (Å²) in [6.45, 7) is -0.512. The second-order valence-electron chi connectivity index (χ2n) is 5.43. The fourth-order valence-corrected chi connectivity index (χ4v) is 3.51. The second-order valence-corrected chi connectivity index (χ2v) is 7.29. The highest BCUT2D eigenvalue weighted by Crippen LogP contribution is 2.27. The monoisotopic (exact) mass is 366 g/mol. The van der Waals surface area contributed by atoms with Crippen LogP contribution in [0.15, 0.2) is 53.4 Å². The predicted octanol–water partition coefficient (Wildman–Crippen LogP) is 2.12. The molecule has 0 radical (unpaired) electrons. The highest BCUT2D eigenvalue weighted by atomic mass is 32.2. The number of rotatable bonds is 6. The van der Waals surface area contributed by atoms with Crippen LogP contribution < -0.4 is 9.04 Å². The van der Waals surface area contributed by atoms with E-state index in [0.29, 0.717) is 5.75 Å². The van der Waals surface area contributed by atoms with E-state index in [1.54, 1.807) is 0 Å². The average Bonchev–Trinajstić information content (AvgIpc) is 2.60. The van der Waals surface area contributed by atoms with Gasteiger partial charge < -0.3 is 9.64 Å². The minimum absolute atomic E-state index is 0.0666. The smallest absolute Gasteiger partial charge is 0.264 e. The molecule has 0 saturated carbocycles. The maximum atomic E-state index is 14.2. The molecule has 0 spiro atoms. The van der Waals surface area contributed by atoms with Gasteiger partial charge in [-0.3, -0.25) is 9.10 Å². The SMILES string of the molecule is COc1ccc(S(=O)(=O)N(CC(=O)N(C)C)c2ccccc2F)cc1. The number of halogens is 1. The van der Waals surface area contributed by atoms with Gasteiger partial charge in [0.25, 0.3) is 10.0 Å². The second kappa shape index (κ2) is 7.52. The Kier molecular flexibility index (Phi) is 5.63. The van der Waals surface area contributed by atoms with Crippen LogP contribution >= 0.6 is 0 Å². The van der Waals surface area contributed by atoms with Gasteiger partial charge in [-0.05, 0) is 36.4 Å². The van der Waals surface area contributed by atoms with E-state index >= 15 is 0 Å². The molecule has 2 aromatic carbocycles. The summed E-state index contributed by atoms with van der Waals surface area (Å²) in [6.07, 6.45) is 0. The third-order valence-electron chi connectivity index (χ3n) is 3.55. The van der Waals surface area contributed by atoms with Crippen LogP contribution in [-0.2, 0) is 14.8 Å². The first kappa shape index (κ1) is 18.7. The summed E-state index contributed by atoms with van der Waals surface area (Å²) in [4.78, 5) is 13.3. The van der Waals surface area contributed by atoms with Gasteiger partial charge in [0, 0.05) is 14.1 Å². The third-order valence-corrected chi connectivity index (χ3v) is 5.32.